The lowest BCUT2D eigenvalue weighted by Crippen LogP contribution is -2.60. The van der Waals surface area contributed by atoms with Crippen LogP contribution in [0.5, 0.6) is 5.75 Å². The van der Waals surface area contributed by atoms with Crippen molar-refractivity contribution in [2.75, 3.05) is 164 Å². The summed E-state index contributed by atoms with van der Waals surface area (Å²) >= 11 is 1.36. The van der Waals surface area contributed by atoms with Crippen LogP contribution < -0.4 is 64.6 Å². The van der Waals surface area contributed by atoms with Gasteiger partial charge in [0.05, 0.1) is 185 Å². The highest BCUT2D eigenvalue weighted by molar-refractivity contribution is 7.98. The number of hydrogen-bond acceptors (Lipinski definition) is 28. The van der Waals surface area contributed by atoms with Gasteiger partial charge < -0.3 is 127 Å². The number of aromatic nitrogens is 1. The minimum Gasteiger partial charge on any atom is -0.496 e. The smallest absolute Gasteiger partial charge is 0.314 e. The van der Waals surface area contributed by atoms with Gasteiger partial charge in [-0.3, -0.25) is 56.9 Å². The lowest BCUT2D eigenvalue weighted by Gasteiger charge is -2.32. The van der Waals surface area contributed by atoms with E-state index in [1.807, 2.05) is 0 Å². The highest BCUT2D eigenvalue weighted by atomic mass is 32.2. The molecule has 0 spiro atoms. The van der Waals surface area contributed by atoms with Crippen molar-refractivity contribution in [1.82, 2.24) is 57.4 Å². The van der Waals surface area contributed by atoms with E-state index in [1.165, 1.54) is 43.9 Å². The predicted molar refractivity (Wildman–Crippen MR) is 400 cm³/mol. The first-order valence-electron chi connectivity index (χ1n) is 36.8. The molecule has 5 rings (SSSR count). The molecule has 2 bridgehead atoms. The molecule has 1 aromatic carbocycles. The number of aliphatic hydroxyl groups is 3. The Labute approximate surface area is 650 Å². The molecule has 0 radical (unpaired) electrons. The predicted octanol–water partition coefficient (Wildman–Crippen LogP) is -4.58. The van der Waals surface area contributed by atoms with Crippen molar-refractivity contribution in [2.24, 2.45) is 46.9 Å². The van der Waals surface area contributed by atoms with Gasteiger partial charge in [0.2, 0.25) is 47.3 Å². The first kappa shape index (κ1) is 93.4. The third-order valence-electron chi connectivity index (χ3n) is 18.4. The number of ketones is 2. The number of primary amides is 1. The van der Waals surface area contributed by atoms with Crippen LogP contribution >= 0.6 is 11.8 Å². The van der Waals surface area contributed by atoms with E-state index in [0.717, 1.165) is 4.90 Å². The monoisotopic (exact) mass is 1610 g/mol. The number of carbonyl (C=O) groups excluding carboxylic acids is 11. The van der Waals surface area contributed by atoms with E-state index >= 15 is 9.00 Å². The molecule has 12 atom stereocenters. The van der Waals surface area contributed by atoms with Crippen LogP contribution in [-0.2, 0) is 109 Å². The van der Waals surface area contributed by atoms with Crippen LogP contribution in [0.1, 0.15) is 77.3 Å². The van der Waals surface area contributed by atoms with Crippen LogP contribution in [0, 0.1) is 29.6 Å². The number of nitrogens with two attached hydrogens (primary N) is 3. The van der Waals surface area contributed by atoms with E-state index in [2.05, 4.69) is 47.5 Å². The Morgan fingerprint density at radius 1 is 0.766 bits per heavy atom. The number of H-pyrrole nitrogens is 1. The Balaban J connectivity index is 1.14. The summed E-state index contributed by atoms with van der Waals surface area (Å²) in [5, 5.41) is 63.2. The SMILES string of the molecule is CC[C@H](C)[C@@H]1CC(=O)CNC(=O)[C@H]2CC(=O)[C@H]([C@@H](C)[C@@H](O)CO)NC(=O)[C@@H]3C[C@@H](O)CN3C(=O)[C@H](CC(N)=O)NC(=O)[C@H](CS(=O)c3[nH]c4c(CSCCNC(=O)NCCOCCOCCOCCOCCOCCOCCOCCN(N)/C=C(\N)CNC(=O)CC(C)C(=O)O)c(OC)ccc4c3C2)NC(=O)CNC1=O. The van der Waals surface area contributed by atoms with Crippen LogP contribution in [0.2, 0.25) is 0 Å². The van der Waals surface area contributed by atoms with Gasteiger partial charge in [-0.15, -0.1) is 0 Å². The fourth-order valence-corrected chi connectivity index (χ4v) is 14.2. The second-order valence-corrected chi connectivity index (χ2v) is 29.4. The number of thioether (sulfide) groups is 1. The van der Waals surface area contributed by atoms with Crippen LogP contribution in [0.25, 0.3) is 10.9 Å². The number of amides is 10. The molecule has 10 amide bonds. The number of fused-ring (bicyclic) bond motifs is 5. The zero-order valence-corrected chi connectivity index (χ0v) is 65.1. The number of aliphatic hydroxyl groups excluding tert-OH is 3. The molecule has 0 aliphatic carbocycles. The zero-order valence-electron chi connectivity index (χ0n) is 63.5. The van der Waals surface area contributed by atoms with E-state index in [1.54, 1.807) is 26.0 Å². The fourth-order valence-electron chi connectivity index (χ4n) is 12.0. The third-order valence-corrected chi connectivity index (χ3v) is 20.8. The number of ether oxygens (including phenoxy) is 8. The Kier molecular flexibility index (Phi) is 42.1. The maximum absolute atomic E-state index is 15.4. The second-order valence-electron chi connectivity index (χ2n) is 26.9. The molecule has 41 heteroatoms. The quantitative estimate of drug-likeness (QED) is 0.0169. The van der Waals surface area contributed by atoms with Gasteiger partial charge in [0.15, 0.2) is 11.6 Å². The minimum absolute atomic E-state index is 0.0205. The van der Waals surface area contributed by atoms with Crippen molar-refractivity contribution in [1.29, 1.82) is 0 Å². The average molecular weight is 1610 g/mol. The average Bonchev–Trinajstić information content (AvgIpc) is 1.62. The van der Waals surface area contributed by atoms with Crippen LogP contribution in [0.4, 0.5) is 4.79 Å². The normalized spacial score (nSPS) is 21.8. The lowest BCUT2D eigenvalue weighted by molar-refractivity contribution is -0.144. The topological polar surface area (TPSA) is 573 Å². The van der Waals surface area contributed by atoms with E-state index in [9.17, 15) is 68.1 Å². The number of hydrogen-bond donors (Lipinski definition) is 16. The van der Waals surface area contributed by atoms with Crippen LogP contribution in [0.3, 0.4) is 0 Å². The molecule has 3 aliphatic rings. The maximum Gasteiger partial charge on any atom is 0.314 e. The highest BCUT2D eigenvalue weighted by Crippen LogP contribution is 2.37. The first-order valence-corrected chi connectivity index (χ1v) is 39.3. The molecular formula is C70H112N14O25S2. The molecule has 0 saturated carbocycles. The van der Waals surface area contributed by atoms with E-state index in [-0.39, 0.29) is 67.9 Å². The molecule has 1 aromatic heterocycles. The number of methoxy groups -OCH3 is 1. The van der Waals surface area contributed by atoms with Crippen molar-refractivity contribution < 1.29 is 120 Å². The summed E-state index contributed by atoms with van der Waals surface area (Å²) in [7, 11) is -1.03. The number of carboxylic acids is 1. The summed E-state index contributed by atoms with van der Waals surface area (Å²) in [6.45, 7) is 8.71. The third kappa shape index (κ3) is 32.4. The molecule has 624 valence electrons. The van der Waals surface area contributed by atoms with Gasteiger partial charge in [0.1, 0.15) is 28.9 Å². The van der Waals surface area contributed by atoms with E-state index in [4.69, 9.17) is 60.3 Å². The molecule has 2 aromatic rings. The van der Waals surface area contributed by atoms with Crippen molar-refractivity contribution in [2.45, 2.75) is 120 Å². The summed E-state index contributed by atoms with van der Waals surface area (Å²) < 4.78 is 59.9. The first-order chi connectivity index (χ1) is 53.1. The number of aliphatic carboxylic acids is 1. The minimum atomic E-state index is -2.45. The second kappa shape index (κ2) is 50.0. The van der Waals surface area contributed by atoms with Gasteiger partial charge in [-0.2, -0.15) is 11.8 Å². The Bertz CT molecular complexity index is 3470. The van der Waals surface area contributed by atoms with Gasteiger partial charge in [0.25, 0.3) is 0 Å². The number of urea groups is 1. The van der Waals surface area contributed by atoms with Gasteiger partial charge in [-0.1, -0.05) is 34.1 Å². The summed E-state index contributed by atoms with van der Waals surface area (Å²) in [5.74, 6) is -9.09. The number of carbonyl (C=O) groups is 12. The number of benzene rings is 1. The van der Waals surface area contributed by atoms with Crippen LogP contribution in [0.15, 0.2) is 29.1 Å². The van der Waals surface area contributed by atoms with Crippen molar-refractivity contribution >= 4 is 104 Å². The van der Waals surface area contributed by atoms with Gasteiger partial charge >= 0.3 is 12.0 Å². The zero-order chi connectivity index (χ0) is 81.5. The molecule has 4 heterocycles. The number of carboxylic acid groups (broad SMARTS) is 1. The maximum atomic E-state index is 15.4. The number of nitrogens with one attached hydrogen (secondary N) is 9. The molecule has 1 saturated heterocycles. The Morgan fingerprint density at radius 3 is 1.96 bits per heavy atom. The molecule has 19 N–H and O–H groups in total. The molecule has 1 fully saturated rings. The number of aromatic amines is 1. The van der Waals surface area contributed by atoms with Crippen LogP contribution in [-0.4, -0.2) is 310 Å². The van der Waals surface area contributed by atoms with Crippen molar-refractivity contribution in [3.63, 3.8) is 0 Å². The number of Topliss-reactive ketones (excluding diaryl/α,β-unsaturated/α-hetero) is 2. The number of hydrazine groups is 1. The standard InChI is InChI=1S/C70H112N14O25S2/c1-6-41(2)49-30-46(86)34-77-63(93)44-28-50-48-7-8-57(102-5)51(39-110-26-10-75-70(100)74-9-12-103-14-16-105-18-20-107-22-24-109-25-23-108-21-19-106-17-15-104-13-11-83(73)36-45(71)33-76-59(91)27-42(3)69(98)99)62(48)82-67(50)111(101)40-53(79-60(92)35-78-64(49)94)65(95)80-52(32-58(72)90)68(97)84-37-47(87)31-54(84)66(96)81-61(55(88)29-44)43(4)56(89)38-85/h7-8,36,41-44,47,49,52-54,56,61,82,85,87,89H,6,9-35,37-40,71,73H2,1-5H3,(H2,72,90)(H,76,91)(H,77,93)(H,78,94)(H,79,92)(H,80,95)(H,81,96)(H,98,99)(H2,74,75,100)/b45-36-/t41-,42?,43-,44+,47+,49-,52-,53-,54-,56-,61-,111?/m0/s1. The Morgan fingerprint density at radius 2 is 1.37 bits per heavy atom. The highest BCUT2D eigenvalue weighted by Gasteiger charge is 2.45. The molecule has 39 nitrogen and oxygen atoms in total. The molecule has 2 unspecified atom stereocenters. The Hall–Kier alpha value is -8.20. The van der Waals surface area contributed by atoms with E-state index in [0.29, 0.717) is 114 Å². The summed E-state index contributed by atoms with van der Waals surface area (Å²) in [6, 6.07) is -4.28. The molecule has 3 aliphatic heterocycles. The molecule has 111 heavy (non-hydrogen) atoms. The van der Waals surface area contributed by atoms with Gasteiger partial charge in [0, 0.05) is 97.4 Å². The number of rotatable bonds is 43. The molecular weight excluding hydrogens is 1500 g/mol. The van der Waals surface area contributed by atoms with Gasteiger partial charge in [-0.05, 0) is 30.0 Å². The summed E-state index contributed by atoms with van der Waals surface area (Å²) in [6.07, 6.45) is -4.23. The lowest BCUT2D eigenvalue weighted by atomic mass is 9.85. The van der Waals surface area contributed by atoms with Gasteiger partial charge in [-0.25, -0.2) is 10.6 Å². The van der Waals surface area contributed by atoms with E-state index < -0.39 is 212 Å². The summed E-state index contributed by atoms with van der Waals surface area (Å²) in [5.41, 5.74) is 12.7. The van der Waals surface area contributed by atoms with Crippen molar-refractivity contribution in [3.8, 4) is 5.75 Å². The number of nitrogens with zero attached hydrogens (tertiary/aromatic N) is 2. The summed E-state index contributed by atoms with van der Waals surface area (Å²) in [4.78, 5) is 168. The fraction of sp³-hybridized carbons (Fsp3) is 0.686. The van der Waals surface area contributed by atoms with Crippen molar-refractivity contribution in [3.05, 3.63) is 35.2 Å². The largest absolute Gasteiger partial charge is 0.496 e.